The first kappa shape index (κ1) is 15.7. The first-order chi connectivity index (χ1) is 10.8. The van der Waals surface area contributed by atoms with E-state index in [1.165, 1.54) is 28.9 Å². The lowest BCUT2D eigenvalue weighted by Crippen LogP contribution is -2.36. The van der Waals surface area contributed by atoms with E-state index in [1.54, 1.807) is 24.5 Å². The summed E-state index contributed by atoms with van der Waals surface area (Å²) in [6.45, 7) is 3.71. The Kier molecular flexibility index (Phi) is 3.73. The summed E-state index contributed by atoms with van der Waals surface area (Å²) in [7, 11) is -2.40. The van der Waals surface area contributed by atoms with Crippen LogP contribution in [-0.4, -0.2) is 26.2 Å². The van der Waals surface area contributed by atoms with Gasteiger partial charge >= 0.3 is 0 Å². The largest absolute Gasteiger partial charge is 0.359 e. The number of pyridine rings is 1. The average Bonchev–Trinajstić information content (AvgIpc) is 2.82. The summed E-state index contributed by atoms with van der Waals surface area (Å²) in [5, 5.41) is 3.31. The number of nitrogens with one attached hydrogen (secondary N) is 1. The van der Waals surface area contributed by atoms with E-state index in [0.29, 0.717) is 16.3 Å². The summed E-state index contributed by atoms with van der Waals surface area (Å²) in [5.74, 6) is -0.476. The summed E-state index contributed by atoms with van der Waals surface area (Å²) in [6, 6.07) is 3.45. The average molecular weight is 349 g/mol. The molecule has 1 aliphatic rings. The molecule has 1 aliphatic heterocycles. The Hall–Kier alpha value is -2.19. The summed E-state index contributed by atoms with van der Waals surface area (Å²) in [6.07, 6.45) is 4.39. The zero-order valence-electron chi connectivity index (χ0n) is 12.8. The molecule has 0 aliphatic carbocycles. The molecular weight excluding hydrogens is 334 g/mol. The number of Topliss-reactive ketones (excluding diaryl/α,β-unsaturated/α-hetero) is 1. The first-order valence-electron chi connectivity index (χ1n) is 6.84. The Bertz CT molecular complexity index is 915. The van der Waals surface area contributed by atoms with Crippen molar-refractivity contribution in [3.63, 3.8) is 0 Å². The molecule has 1 N–H and O–H groups in total. The Labute approximate surface area is 138 Å². The predicted molar refractivity (Wildman–Crippen MR) is 91.4 cm³/mol. The van der Waals surface area contributed by atoms with Crippen LogP contribution in [0, 0.1) is 13.8 Å². The van der Waals surface area contributed by atoms with Gasteiger partial charge in [-0.05, 0) is 31.5 Å². The third-order valence-corrected chi connectivity index (χ3v) is 6.94. The van der Waals surface area contributed by atoms with Gasteiger partial charge in [-0.15, -0.1) is 11.3 Å². The molecule has 3 heterocycles. The number of carbonyl (C=O) groups is 1. The van der Waals surface area contributed by atoms with Crippen LogP contribution in [0.3, 0.4) is 0 Å². The fourth-order valence-electron chi connectivity index (χ4n) is 2.33. The minimum absolute atomic E-state index is 0.266. The van der Waals surface area contributed by atoms with Gasteiger partial charge in [0.1, 0.15) is 5.00 Å². The minimum Gasteiger partial charge on any atom is -0.359 e. The van der Waals surface area contributed by atoms with Crippen LogP contribution in [0.4, 0.5) is 10.7 Å². The van der Waals surface area contributed by atoms with Crippen molar-refractivity contribution in [3.05, 3.63) is 51.6 Å². The van der Waals surface area contributed by atoms with Gasteiger partial charge in [-0.25, -0.2) is 8.42 Å². The van der Waals surface area contributed by atoms with E-state index < -0.39 is 15.8 Å². The Morgan fingerprint density at radius 1 is 1.35 bits per heavy atom. The lowest BCUT2D eigenvalue weighted by atomic mass is 10.1. The number of rotatable bonds is 2. The van der Waals surface area contributed by atoms with Crippen molar-refractivity contribution in [2.24, 2.45) is 0 Å². The van der Waals surface area contributed by atoms with Crippen LogP contribution in [0.5, 0.6) is 0 Å². The molecule has 0 fully saturated rings. The molecule has 8 heteroatoms. The van der Waals surface area contributed by atoms with Crippen LogP contribution in [0.2, 0.25) is 0 Å². The quantitative estimate of drug-likeness (QED) is 0.843. The number of allylic oxidation sites excluding steroid dienone is 1. The molecule has 0 aromatic carbocycles. The van der Waals surface area contributed by atoms with Crippen LogP contribution in [0.25, 0.3) is 0 Å². The molecule has 0 radical (unpaired) electrons. The number of aryl methyl sites for hydroxylation is 1. The predicted octanol–water partition coefficient (Wildman–Crippen LogP) is 2.68. The van der Waals surface area contributed by atoms with E-state index in [-0.39, 0.29) is 4.91 Å². The third-order valence-electron chi connectivity index (χ3n) is 3.77. The fraction of sp³-hybridized carbons (Fsp3) is 0.200. The van der Waals surface area contributed by atoms with Crippen molar-refractivity contribution in [1.29, 1.82) is 0 Å². The van der Waals surface area contributed by atoms with Crippen molar-refractivity contribution >= 4 is 37.8 Å². The van der Waals surface area contributed by atoms with Crippen LogP contribution in [0.1, 0.15) is 20.8 Å². The maximum absolute atomic E-state index is 12.7. The Morgan fingerprint density at radius 3 is 2.74 bits per heavy atom. The highest BCUT2D eigenvalue weighted by atomic mass is 32.2. The molecule has 0 spiro atoms. The zero-order valence-corrected chi connectivity index (χ0v) is 14.5. The Balaban J connectivity index is 2.10. The second kappa shape index (κ2) is 5.47. The number of aromatic nitrogens is 1. The number of fused-ring (bicyclic) bond motifs is 1. The molecule has 6 nitrogen and oxygen atoms in total. The molecule has 3 rings (SSSR count). The number of hydrogen-bond donors (Lipinski definition) is 1. The number of anilines is 2. The summed E-state index contributed by atoms with van der Waals surface area (Å²) >= 11 is 1.32. The smallest absolute Gasteiger partial charge is 0.270 e. The zero-order chi connectivity index (χ0) is 16.8. The lowest BCUT2D eigenvalue weighted by molar-refractivity contribution is 0.104. The normalized spacial score (nSPS) is 18.1. The van der Waals surface area contributed by atoms with Crippen molar-refractivity contribution in [3.8, 4) is 0 Å². The van der Waals surface area contributed by atoms with Crippen molar-refractivity contribution < 1.29 is 13.2 Å². The molecule has 120 valence electrons. The van der Waals surface area contributed by atoms with Gasteiger partial charge in [-0.2, -0.15) is 0 Å². The first-order valence-corrected chi connectivity index (χ1v) is 9.10. The highest BCUT2D eigenvalue weighted by Gasteiger charge is 2.40. The number of nitrogens with zero attached hydrogens (tertiary/aromatic N) is 2. The monoisotopic (exact) mass is 349 g/mol. The maximum Gasteiger partial charge on any atom is 0.270 e. The van der Waals surface area contributed by atoms with Crippen molar-refractivity contribution in [1.82, 2.24) is 4.98 Å². The Morgan fingerprint density at radius 2 is 2.09 bits per heavy atom. The number of ketones is 1. The highest BCUT2D eigenvalue weighted by Crippen LogP contribution is 2.42. The molecular formula is C15H15N3O3S2. The molecule has 0 unspecified atom stereocenters. The molecule has 0 bridgehead atoms. The second-order valence-electron chi connectivity index (χ2n) is 5.16. The lowest BCUT2D eigenvalue weighted by Gasteiger charge is -2.25. The number of sulfonamides is 1. The van der Waals surface area contributed by atoms with Crippen LogP contribution in [0.15, 0.2) is 35.6 Å². The van der Waals surface area contributed by atoms with E-state index >= 15 is 0 Å². The van der Waals surface area contributed by atoms with Crippen LogP contribution >= 0.6 is 11.3 Å². The molecule has 0 atom stereocenters. The van der Waals surface area contributed by atoms with Crippen LogP contribution in [-0.2, 0) is 10.0 Å². The molecule has 0 amide bonds. The van der Waals surface area contributed by atoms with Gasteiger partial charge in [-0.1, -0.05) is 0 Å². The van der Waals surface area contributed by atoms with E-state index in [2.05, 4.69) is 10.3 Å². The van der Waals surface area contributed by atoms with Gasteiger partial charge in [0.15, 0.2) is 4.91 Å². The van der Waals surface area contributed by atoms with Gasteiger partial charge in [0.05, 0.1) is 17.4 Å². The molecule has 23 heavy (non-hydrogen) atoms. The SMILES string of the molecule is Cc1sc2c(c1C)C(=O)/C(=C/Nc1cccnc1)S(=O)(=O)N2C. The standard InChI is InChI=1S/C15H15N3O3S2/c1-9-10(2)22-15-13(9)14(19)12(23(20,21)18(15)3)8-17-11-5-4-6-16-7-11/h4-8,17H,1-3H3/b12-8-. The second-order valence-corrected chi connectivity index (χ2v) is 8.30. The number of thiophene rings is 1. The molecule has 2 aromatic heterocycles. The van der Waals surface area contributed by atoms with Crippen molar-refractivity contribution in [2.45, 2.75) is 13.8 Å². The van der Waals surface area contributed by atoms with Gasteiger partial charge in [0.25, 0.3) is 10.0 Å². The van der Waals surface area contributed by atoms with E-state index in [1.807, 2.05) is 13.8 Å². The van der Waals surface area contributed by atoms with Crippen molar-refractivity contribution in [2.75, 3.05) is 16.7 Å². The van der Waals surface area contributed by atoms with Gasteiger partial charge < -0.3 is 5.32 Å². The van der Waals surface area contributed by atoms with Crippen LogP contribution < -0.4 is 9.62 Å². The van der Waals surface area contributed by atoms with Gasteiger partial charge in [-0.3, -0.25) is 14.1 Å². The summed E-state index contributed by atoms with van der Waals surface area (Å²) < 4.78 is 26.4. The third kappa shape index (κ3) is 2.43. The number of carbonyl (C=O) groups excluding carboxylic acids is 1. The van der Waals surface area contributed by atoms with E-state index in [4.69, 9.17) is 0 Å². The topological polar surface area (TPSA) is 79.4 Å². The number of hydrogen-bond acceptors (Lipinski definition) is 6. The molecule has 0 saturated heterocycles. The highest BCUT2D eigenvalue weighted by molar-refractivity contribution is 7.98. The van der Waals surface area contributed by atoms with E-state index in [0.717, 1.165) is 10.4 Å². The van der Waals surface area contributed by atoms with Gasteiger partial charge in [0, 0.05) is 24.3 Å². The maximum atomic E-state index is 12.7. The summed E-state index contributed by atoms with van der Waals surface area (Å²) in [4.78, 5) is 17.3. The van der Waals surface area contributed by atoms with E-state index in [9.17, 15) is 13.2 Å². The summed E-state index contributed by atoms with van der Waals surface area (Å²) in [5.41, 5.74) is 1.89. The fourth-order valence-corrected chi connectivity index (χ4v) is 4.91. The van der Waals surface area contributed by atoms with Gasteiger partial charge in [0.2, 0.25) is 5.78 Å². The molecule has 2 aromatic rings. The minimum atomic E-state index is -3.87. The molecule has 0 saturated carbocycles.